The van der Waals surface area contributed by atoms with Crippen LogP contribution in [0.5, 0.6) is 11.5 Å². The van der Waals surface area contributed by atoms with Gasteiger partial charge in [-0.2, -0.15) is 0 Å². The predicted octanol–water partition coefficient (Wildman–Crippen LogP) is 8.20. The number of para-hydroxylation sites is 1. The molecule has 1 fully saturated rings. The van der Waals surface area contributed by atoms with Crippen molar-refractivity contribution in [3.63, 3.8) is 0 Å². The van der Waals surface area contributed by atoms with Crippen molar-refractivity contribution in [2.24, 2.45) is 4.99 Å². The third-order valence-electron chi connectivity index (χ3n) is 6.22. The predicted molar refractivity (Wildman–Crippen MR) is 182 cm³/mol. The number of nitro groups is 1. The summed E-state index contributed by atoms with van der Waals surface area (Å²) in [4.78, 5) is 31.2. The Bertz CT molecular complexity index is 1650. The number of aliphatic imine (C=N–C) groups is 1. The van der Waals surface area contributed by atoms with Gasteiger partial charge in [0, 0.05) is 12.1 Å². The Morgan fingerprint density at radius 3 is 2.21 bits per heavy atom. The van der Waals surface area contributed by atoms with E-state index in [-0.39, 0.29) is 18.2 Å². The molecule has 4 aromatic carbocycles. The first-order valence-corrected chi connectivity index (χ1v) is 15.6. The summed E-state index contributed by atoms with van der Waals surface area (Å²) >= 11 is 5.79. The number of methoxy groups -OCH3 is 1. The lowest BCUT2D eigenvalue weighted by Gasteiger charge is -2.16. The number of carbonyl (C=O) groups is 1. The van der Waals surface area contributed by atoms with E-state index < -0.39 is 4.92 Å². The third-order valence-corrected chi connectivity index (χ3v) is 8.83. The molecular weight excluding hydrogens is 780 g/mol. The molecule has 0 aromatic heterocycles. The molecule has 8 nitrogen and oxygen atoms in total. The Hall–Kier alpha value is -3.43. The standard InChI is InChI=1S/C31H23I2N3O5S/c1-40-25-13-9-20(10-14-25)18-35-30(37)28(42-31(35)34-23-5-3-2-4-6-23)17-22-15-26(32)29(27(33)16-22)41-19-21-7-11-24(12-8-21)36(38)39/h2-17H,18-19H2,1H3/b28-17-,34-31?. The first-order valence-electron chi connectivity index (χ1n) is 12.6. The molecule has 0 saturated carbocycles. The summed E-state index contributed by atoms with van der Waals surface area (Å²) < 4.78 is 13.1. The molecule has 0 spiro atoms. The molecule has 0 bridgehead atoms. The molecule has 5 rings (SSSR count). The number of nitrogens with zero attached hydrogens (tertiary/aromatic N) is 3. The fourth-order valence-corrected chi connectivity index (χ4v) is 7.20. The topological polar surface area (TPSA) is 94.3 Å². The molecule has 4 aromatic rings. The van der Waals surface area contributed by atoms with Crippen LogP contribution in [0.2, 0.25) is 0 Å². The van der Waals surface area contributed by atoms with E-state index in [0.717, 1.165) is 41.0 Å². The number of hydrogen-bond donors (Lipinski definition) is 0. The van der Waals surface area contributed by atoms with Crippen LogP contribution in [-0.4, -0.2) is 28.0 Å². The SMILES string of the molecule is COc1ccc(CN2C(=O)/C(=C/c3cc(I)c(OCc4ccc([N+](=O)[O-])cc4)c(I)c3)SC2=Nc2ccccc2)cc1. The van der Waals surface area contributed by atoms with E-state index >= 15 is 0 Å². The van der Waals surface area contributed by atoms with E-state index in [1.54, 1.807) is 24.1 Å². The minimum atomic E-state index is -0.425. The van der Waals surface area contributed by atoms with Gasteiger partial charge in [0.2, 0.25) is 0 Å². The number of amides is 1. The number of thioether (sulfide) groups is 1. The minimum Gasteiger partial charge on any atom is -0.497 e. The lowest BCUT2D eigenvalue weighted by atomic mass is 10.2. The van der Waals surface area contributed by atoms with Crippen LogP contribution in [0.3, 0.4) is 0 Å². The van der Waals surface area contributed by atoms with Crippen molar-refractivity contribution < 1.29 is 19.2 Å². The molecule has 0 atom stereocenters. The van der Waals surface area contributed by atoms with Crippen LogP contribution in [0.4, 0.5) is 11.4 Å². The summed E-state index contributed by atoms with van der Waals surface area (Å²) in [5.41, 5.74) is 3.47. The molecule has 1 aliphatic rings. The van der Waals surface area contributed by atoms with Gasteiger partial charge in [-0.25, -0.2) is 4.99 Å². The number of rotatable bonds is 9. The van der Waals surface area contributed by atoms with Crippen LogP contribution >= 0.6 is 56.9 Å². The van der Waals surface area contributed by atoms with Crippen molar-refractivity contribution in [3.05, 3.63) is 130 Å². The zero-order valence-corrected chi connectivity index (χ0v) is 27.3. The molecule has 1 heterocycles. The maximum atomic E-state index is 13.7. The van der Waals surface area contributed by atoms with Crippen molar-refractivity contribution in [1.29, 1.82) is 0 Å². The summed E-state index contributed by atoms with van der Waals surface area (Å²) in [6.45, 7) is 0.654. The van der Waals surface area contributed by atoms with Gasteiger partial charge in [-0.05, 0) is 128 Å². The Kier molecular flexibility index (Phi) is 9.80. The van der Waals surface area contributed by atoms with Gasteiger partial charge < -0.3 is 9.47 Å². The van der Waals surface area contributed by atoms with Crippen LogP contribution in [0.25, 0.3) is 6.08 Å². The fraction of sp³-hybridized carbons (Fsp3) is 0.0968. The van der Waals surface area contributed by atoms with Crippen LogP contribution in [0.15, 0.2) is 101 Å². The number of nitro benzene ring substituents is 1. The normalized spacial score (nSPS) is 14.9. The lowest BCUT2D eigenvalue weighted by molar-refractivity contribution is -0.384. The minimum absolute atomic E-state index is 0.0409. The van der Waals surface area contributed by atoms with E-state index in [9.17, 15) is 14.9 Å². The highest BCUT2D eigenvalue weighted by molar-refractivity contribution is 14.1. The van der Waals surface area contributed by atoms with Crippen molar-refractivity contribution in [1.82, 2.24) is 4.90 Å². The summed E-state index contributed by atoms with van der Waals surface area (Å²) in [5, 5.41) is 11.5. The van der Waals surface area contributed by atoms with Gasteiger partial charge in [0.1, 0.15) is 18.1 Å². The van der Waals surface area contributed by atoms with Crippen LogP contribution in [0.1, 0.15) is 16.7 Å². The Balaban J connectivity index is 1.38. The van der Waals surface area contributed by atoms with E-state index in [0.29, 0.717) is 16.6 Å². The average molecular weight is 803 g/mol. The van der Waals surface area contributed by atoms with Crippen molar-refractivity contribution in [2.45, 2.75) is 13.2 Å². The first kappa shape index (κ1) is 30.0. The second-order valence-corrected chi connectivity index (χ2v) is 12.4. The number of ether oxygens (including phenoxy) is 2. The van der Waals surface area contributed by atoms with Crippen molar-refractivity contribution in [3.8, 4) is 11.5 Å². The summed E-state index contributed by atoms with van der Waals surface area (Å²) in [6, 6.07) is 27.5. The number of carbonyl (C=O) groups excluding carboxylic acids is 1. The van der Waals surface area contributed by atoms with Gasteiger partial charge in [-0.3, -0.25) is 19.8 Å². The number of hydrogen-bond acceptors (Lipinski definition) is 7. The Labute approximate surface area is 274 Å². The van der Waals surface area contributed by atoms with Crippen LogP contribution < -0.4 is 9.47 Å². The van der Waals surface area contributed by atoms with Crippen LogP contribution in [0, 0.1) is 17.3 Å². The highest BCUT2D eigenvalue weighted by Crippen LogP contribution is 2.37. The maximum absolute atomic E-state index is 13.7. The Morgan fingerprint density at radius 2 is 1.60 bits per heavy atom. The van der Waals surface area contributed by atoms with Crippen molar-refractivity contribution >= 4 is 85.5 Å². The molecule has 42 heavy (non-hydrogen) atoms. The van der Waals surface area contributed by atoms with Gasteiger partial charge in [0.15, 0.2) is 5.17 Å². The van der Waals surface area contributed by atoms with Gasteiger partial charge in [0.25, 0.3) is 11.6 Å². The Morgan fingerprint density at radius 1 is 0.952 bits per heavy atom. The van der Waals surface area contributed by atoms with E-state index in [4.69, 9.17) is 14.5 Å². The maximum Gasteiger partial charge on any atom is 0.269 e. The molecule has 1 amide bonds. The molecule has 1 aliphatic heterocycles. The zero-order valence-electron chi connectivity index (χ0n) is 22.2. The second-order valence-electron chi connectivity index (χ2n) is 9.11. The number of benzene rings is 4. The highest BCUT2D eigenvalue weighted by atomic mass is 127. The van der Waals surface area contributed by atoms with Gasteiger partial charge in [-0.1, -0.05) is 30.3 Å². The molecular formula is C31H23I2N3O5S. The fourth-order valence-electron chi connectivity index (χ4n) is 4.08. The molecule has 212 valence electrons. The zero-order chi connectivity index (χ0) is 29.6. The van der Waals surface area contributed by atoms with Crippen molar-refractivity contribution in [2.75, 3.05) is 7.11 Å². The molecule has 0 radical (unpaired) electrons. The summed E-state index contributed by atoms with van der Waals surface area (Å²) in [7, 11) is 1.62. The number of halogens is 2. The number of non-ortho nitro benzene ring substituents is 1. The number of amidine groups is 1. The highest BCUT2D eigenvalue weighted by Gasteiger charge is 2.33. The van der Waals surface area contributed by atoms with Gasteiger partial charge in [-0.15, -0.1) is 0 Å². The van der Waals surface area contributed by atoms with Crippen LogP contribution in [-0.2, 0) is 17.9 Å². The van der Waals surface area contributed by atoms with E-state index in [1.165, 1.54) is 23.9 Å². The molecule has 0 aliphatic carbocycles. The third kappa shape index (κ3) is 7.31. The monoisotopic (exact) mass is 803 g/mol. The van der Waals surface area contributed by atoms with E-state index in [1.807, 2.05) is 72.8 Å². The molecule has 0 unspecified atom stereocenters. The molecule has 0 N–H and O–H groups in total. The smallest absolute Gasteiger partial charge is 0.269 e. The largest absolute Gasteiger partial charge is 0.497 e. The lowest BCUT2D eigenvalue weighted by Crippen LogP contribution is -2.28. The summed E-state index contributed by atoms with van der Waals surface area (Å²) in [6.07, 6.45) is 1.88. The van der Waals surface area contributed by atoms with E-state index in [2.05, 4.69) is 45.2 Å². The molecule has 1 saturated heterocycles. The van der Waals surface area contributed by atoms with Gasteiger partial charge >= 0.3 is 0 Å². The quantitative estimate of drug-likeness (QED) is 0.0734. The second kappa shape index (κ2) is 13.7. The average Bonchev–Trinajstić information content (AvgIpc) is 3.26. The molecule has 11 heteroatoms. The van der Waals surface area contributed by atoms with Gasteiger partial charge in [0.05, 0.1) is 36.3 Å². The summed E-state index contributed by atoms with van der Waals surface area (Å²) in [5.74, 6) is 1.35. The first-order chi connectivity index (χ1) is 20.3.